The Morgan fingerprint density at radius 3 is 2.69 bits per heavy atom. The van der Waals surface area contributed by atoms with Crippen molar-refractivity contribution < 1.29 is 28.2 Å². The zero-order chi connectivity index (χ0) is 29.4. The number of rotatable bonds is 8. The number of nitrogens with zero attached hydrogens (tertiary/aromatic N) is 3. The van der Waals surface area contributed by atoms with Gasteiger partial charge in [-0.25, -0.2) is 14.2 Å². The lowest BCUT2D eigenvalue weighted by Gasteiger charge is -2.32. The number of para-hydroxylation sites is 1. The molecule has 1 saturated heterocycles. The Morgan fingerprint density at radius 2 is 1.98 bits per heavy atom. The van der Waals surface area contributed by atoms with Crippen molar-refractivity contribution in [2.45, 2.75) is 51.5 Å². The highest BCUT2D eigenvalue weighted by Gasteiger charge is 2.43. The maximum atomic E-state index is 14.8. The Morgan fingerprint density at radius 1 is 1.17 bits per heavy atom. The number of aliphatic carboxylic acids is 1. The molecule has 8 nitrogen and oxygen atoms in total. The number of benzene rings is 2. The highest BCUT2D eigenvalue weighted by molar-refractivity contribution is 6.30. The number of piperidine rings is 1. The average Bonchev–Trinajstić information content (AvgIpc) is 3.64. The lowest BCUT2D eigenvalue weighted by Crippen LogP contribution is -2.34. The van der Waals surface area contributed by atoms with Crippen LogP contribution in [0.1, 0.15) is 59.8 Å². The number of hydrogen-bond acceptors (Lipinski definition) is 6. The number of aryl methyl sites for hydroxylation is 1. The van der Waals surface area contributed by atoms with Gasteiger partial charge in [0.1, 0.15) is 23.2 Å². The molecule has 6 rings (SSSR count). The standard InChI is InChI=1S/C32H31ClFN3O5/c1-20-6-9-24(40-20)18-37-23(8-11-30(38)39)17-35-29(37)19-36-14-12-21(13-15-36)25-4-3-5-28-31(25)42-32(2,41-28)26-10-7-22(33)16-27(26)34/h3-11,16-17,21H,12-15,18-19H2,1-2H3,(H,38,39)/b11-8+. The third kappa shape index (κ3) is 5.67. The van der Waals surface area contributed by atoms with Crippen LogP contribution in [0, 0.1) is 12.7 Å². The number of carboxylic acids is 1. The van der Waals surface area contributed by atoms with E-state index in [-0.39, 0.29) is 5.92 Å². The second-order valence-corrected chi connectivity index (χ2v) is 11.3. The smallest absolute Gasteiger partial charge is 0.328 e. The largest absolute Gasteiger partial charge is 0.478 e. The zero-order valence-corrected chi connectivity index (χ0v) is 24.1. The number of likely N-dealkylation sites (tertiary alicyclic amines) is 1. The maximum absolute atomic E-state index is 14.8. The molecule has 1 N–H and O–H groups in total. The van der Waals surface area contributed by atoms with Crippen molar-refractivity contribution in [2.75, 3.05) is 13.1 Å². The first-order valence-corrected chi connectivity index (χ1v) is 14.3. The van der Waals surface area contributed by atoms with Crippen LogP contribution in [0.25, 0.3) is 6.08 Å². The number of halogens is 2. The Balaban J connectivity index is 1.16. The van der Waals surface area contributed by atoms with Crippen molar-refractivity contribution in [3.05, 3.63) is 106 Å². The number of hydrogen-bond donors (Lipinski definition) is 1. The number of carboxylic acid groups (broad SMARTS) is 1. The molecule has 10 heteroatoms. The van der Waals surface area contributed by atoms with Gasteiger partial charge >= 0.3 is 5.97 Å². The van der Waals surface area contributed by atoms with Gasteiger partial charge in [-0.3, -0.25) is 4.90 Å². The van der Waals surface area contributed by atoms with E-state index >= 15 is 0 Å². The summed E-state index contributed by atoms with van der Waals surface area (Å²) in [6.07, 6.45) is 6.17. The van der Waals surface area contributed by atoms with Crippen LogP contribution in [0.2, 0.25) is 5.02 Å². The first kappa shape index (κ1) is 28.1. The van der Waals surface area contributed by atoms with Crippen LogP contribution in [0.5, 0.6) is 11.5 Å². The molecule has 42 heavy (non-hydrogen) atoms. The molecule has 218 valence electrons. The molecule has 1 fully saturated rings. The van der Waals surface area contributed by atoms with Gasteiger partial charge in [-0.05, 0) is 81.2 Å². The van der Waals surface area contributed by atoms with Gasteiger partial charge in [-0.1, -0.05) is 23.7 Å². The van der Waals surface area contributed by atoms with Crippen LogP contribution in [0.15, 0.2) is 65.2 Å². The van der Waals surface area contributed by atoms with Crippen molar-refractivity contribution in [3.8, 4) is 11.5 Å². The molecule has 1 atom stereocenters. The lowest BCUT2D eigenvalue weighted by molar-refractivity contribution is -0.131. The summed E-state index contributed by atoms with van der Waals surface area (Å²) in [5, 5.41) is 9.45. The minimum atomic E-state index is -1.29. The fourth-order valence-electron chi connectivity index (χ4n) is 5.79. The number of furan rings is 1. The molecule has 1 unspecified atom stereocenters. The minimum absolute atomic E-state index is 0.247. The van der Waals surface area contributed by atoms with Crippen LogP contribution in [-0.2, 0) is 23.7 Å². The van der Waals surface area contributed by atoms with Crippen LogP contribution in [0.4, 0.5) is 4.39 Å². The highest BCUT2D eigenvalue weighted by atomic mass is 35.5. The maximum Gasteiger partial charge on any atom is 0.328 e. The normalized spacial score (nSPS) is 19.1. The van der Waals surface area contributed by atoms with Gasteiger partial charge in [0.15, 0.2) is 11.5 Å². The van der Waals surface area contributed by atoms with Crippen molar-refractivity contribution in [1.29, 1.82) is 0 Å². The summed E-state index contributed by atoms with van der Waals surface area (Å²) in [5.74, 6) is 1.16. The number of imidazole rings is 1. The summed E-state index contributed by atoms with van der Waals surface area (Å²) in [6, 6.07) is 14.2. The van der Waals surface area contributed by atoms with Crippen molar-refractivity contribution in [2.24, 2.45) is 0 Å². The summed E-state index contributed by atoms with van der Waals surface area (Å²) in [5.41, 5.74) is 2.05. The molecular weight excluding hydrogens is 561 g/mol. The first-order valence-electron chi connectivity index (χ1n) is 13.9. The van der Waals surface area contributed by atoms with Crippen LogP contribution >= 0.6 is 11.6 Å². The Hall–Kier alpha value is -4.08. The molecule has 0 spiro atoms. The summed E-state index contributed by atoms with van der Waals surface area (Å²) in [6.45, 7) is 6.37. The van der Waals surface area contributed by atoms with Gasteiger partial charge in [-0.15, -0.1) is 0 Å². The molecule has 0 saturated carbocycles. The van der Waals surface area contributed by atoms with Crippen LogP contribution in [-0.4, -0.2) is 38.6 Å². The molecule has 2 aliphatic rings. The third-order valence-electron chi connectivity index (χ3n) is 7.90. The summed E-state index contributed by atoms with van der Waals surface area (Å²) < 4.78 is 35.1. The molecular formula is C32H31ClFN3O5. The molecule has 0 aliphatic carbocycles. The predicted octanol–water partition coefficient (Wildman–Crippen LogP) is 6.75. The van der Waals surface area contributed by atoms with E-state index in [0.29, 0.717) is 40.9 Å². The van der Waals surface area contributed by atoms with Crippen molar-refractivity contribution >= 4 is 23.6 Å². The Kier molecular flexibility index (Phi) is 7.55. The number of ether oxygens (including phenoxy) is 2. The van der Waals surface area contributed by atoms with Gasteiger partial charge < -0.3 is 23.6 Å². The fourth-order valence-corrected chi connectivity index (χ4v) is 5.95. The second-order valence-electron chi connectivity index (χ2n) is 10.9. The zero-order valence-electron chi connectivity index (χ0n) is 23.3. The average molecular weight is 592 g/mol. The predicted molar refractivity (Wildman–Crippen MR) is 155 cm³/mol. The third-order valence-corrected chi connectivity index (χ3v) is 8.13. The molecule has 0 amide bonds. The Bertz CT molecular complexity index is 1660. The Labute approximate surface area is 247 Å². The lowest BCUT2D eigenvalue weighted by atomic mass is 9.88. The molecule has 0 bridgehead atoms. The van der Waals surface area contributed by atoms with Crippen LogP contribution < -0.4 is 9.47 Å². The fraction of sp³-hybridized carbons (Fsp3) is 0.312. The van der Waals surface area contributed by atoms with E-state index in [9.17, 15) is 9.18 Å². The topological polar surface area (TPSA) is 90.0 Å². The van der Waals surface area contributed by atoms with E-state index in [2.05, 4.69) is 16.0 Å². The quantitative estimate of drug-likeness (QED) is 0.227. The van der Waals surface area contributed by atoms with Gasteiger partial charge in [-0.2, -0.15) is 0 Å². The monoisotopic (exact) mass is 591 g/mol. The number of carbonyl (C=O) groups is 1. The molecule has 2 aromatic carbocycles. The molecule has 4 aromatic rings. The van der Waals surface area contributed by atoms with Gasteiger partial charge in [0.05, 0.1) is 30.5 Å². The molecule has 4 heterocycles. The van der Waals surface area contributed by atoms with Gasteiger partial charge in [0, 0.05) is 23.6 Å². The minimum Gasteiger partial charge on any atom is -0.478 e. The van der Waals surface area contributed by atoms with E-state index in [1.807, 2.05) is 35.8 Å². The van der Waals surface area contributed by atoms with Crippen molar-refractivity contribution in [1.82, 2.24) is 14.5 Å². The van der Waals surface area contributed by atoms with E-state index < -0.39 is 17.6 Å². The summed E-state index contributed by atoms with van der Waals surface area (Å²) in [4.78, 5) is 18.1. The highest BCUT2D eigenvalue weighted by Crippen LogP contribution is 2.49. The summed E-state index contributed by atoms with van der Waals surface area (Å²) >= 11 is 5.96. The number of aromatic nitrogens is 2. The van der Waals surface area contributed by atoms with E-state index in [4.69, 9.17) is 30.6 Å². The van der Waals surface area contributed by atoms with E-state index in [1.165, 1.54) is 6.07 Å². The van der Waals surface area contributed by atoms with Crippen molar-refractivity contribution in [3.63, 3.8) is 0 Å². The molecule has 0 radical (unpaired) electrons. The van der Waals surface area contributed by atoms with Crippen LogP contribution in [0.3, 0.4) is 0 Å². The second kappa shape index (κ2) is 11.3. The molecule has 2 aliphatic heterocycles. The SMILES string of the molecule is Cc1ccc(Cn2c(/C=C/C(=O)O)cnc2CN2CCC(c3cccc4c3OC(C)(c3ccc(Cl)cc3F)O4)CC2)o1. The first-order chi connectivity index (χ1) is 20.2. The van der Waals surface area contributed by atoms with Gasteiger partial charge in [0.2, 0.25) is 0 Å². The number of fused-ring (bicyclic) bond motifs is 1. The molecule has 2 aromatic heterocycles. The van der Waals surface area contributed by atoms with Gasteiger partial charge in [0.25, 0.3) is 5.79 Å². The summed E-state index contributed by atoms with van der Waals surface area (Å²) in [7, 11) is 0. The van der Waals surface area contributed by atoms with E-state index in [0.717, 1.165) is 54.9 Å². The van der Waals surface area contributed by atoms with E-state index in [1.54, 1.807) is 31.3 Å².